The maximum atomic E-state index is 12.2. The van der Waals surface area contributed by atoms with Crippen molar-refractivity contribution >= 4 is 11.7 Å². The second-order valence-corrected chi connectivity index (χ2v) is 5.08. The van der Waals surface area contributed by atoms with E-state index in [1.807, 2.05) is 54.2 Å². The summed E-state index contributed by atoms with van der Waals surface area (Å²) in [5.74, 6) is 0.387. The highest BCUT2D eigenvalue weighted by molar-refractivity contribution is 6.03. The van der Waals surface area contributed by atoms with Crippen LogP contribution in [0.1, 0.15) is 21.5 Å². The zero-order chi connectivity index (χ0) is 15.4. The summed E-state index contributed by atoms with van der Waals surface area (Å²) < 4.78 is 1.84. The Bertz CT molecular complexity index is 746. The first-order valence-electron chi connectivity index (χ1n) is 7.01. The number of benzene rings is 1. The van der Waals surface area contributed by atoms with Crippen LogP contribution in [0.25, 0.3) is 0 Å². The number of aryl methyl sites for hydroxylation is 1. The number of hydrogen-bond donors (Lipinski definition) is 1. The first-order chi connectivity index (χ1) is 10.7. The molecule has 1 amide bonds. The van der Waals surface area contributed by atoms with Crippen LogP contribution >= 0.6 is 0 Å². The Morgan fingerprint density at radius 1 is 1.18 bits per heavy atom. The molecule has 5 heteroatoms. The number of rotatable bonds is 4. The van der Waals surface area contributed by atoms with Crippen molar-refractivity contribution in [1.29, 1.82) is 0 Å². The van der Waals surface area contributed by atoms with E-state index in [0.717, 1.165) is 11.1 Å². The maximum Gasteiger partial charge on any atom is 0.256 e. The van der Waals surface area contributed by atoms with Gasteiger partial charge in [-0.2, -0.15) is 5.10 Å². The van der Waals surface area contributed by atoms with Gasteiger partial charge in [-0.25, -0.2) is 4.98 Å². The predicted octanol–water partition coefficient (Wildman–Crippen LogP) is 2.89. The summed E-state index contributed by atoms with van der Waals surface area (Å²) >= 11 is 0. The summed E-state index contributed by atoms with van der Waals surface area (Å²) in [5, 5.41) is 6.94. The van der Waals surface area contributed by atoms with Gasteiger partial charge in [0.1, 0.15) is 5.82 Å². The number of carbonyl (C=O) groups is 1. The zero-order valence-electron chi connectivity index (χ0n) is 12.2. The Morgan fingerprint density at radius 3 is 2.64 bits per heavy atom. The van der Waals surface area contributed by atoms with Gasteiger partial charge in [-0.3, -0.25) is 9.48 Å². The molecule has 1 aromatic carbocycles. The molecule has 0 bridgehead atoms. The Hall–Kier alpha value is -2.95. The van der Waals surface area contributed by atoms with E-state index < -0.39 is 0 Å². The second-order valence-electron chi connectivity index (χ2n) is 5.08. The van der Waals surface area contributed by atoms with Gasteiger partial charge in [0.05, 0.1) is 6.54 Å². The normalized spacial score (nSPS) is 10.4. The van der Waals surface area contributed by atoms with Crippen LogP contribution in [0.2, 0.25) is 0 Å². The molecule has 3 aromatic rings. The fourth-order valence-electron chi connectivity index (χ4n) is 2.07. The molecule has 0 aliphatic heterocycles. The standard InChI is InChI=1S/C17H16N4O/c1-13-3-8-16(18-11-13)20-17(22)15-6-4-14(5-7-15)12-21-10-2-9-19-21/h2-11H,12H2,1H3,(H,18,20,22). The summed E-state index contributed by atoms with van der Waals surface area (Å²) in [6, 6.07) is 13.1. The zero-order valence-corrected chi connectivity index (χ0v) is 12.2. The molecule has 0 saturated heterocycles. The van der Waals surface area contributed by atoms with Crippen molar-refractivity contribution in [3.63, 3.8) is 0 Å². The van der Waals surface area contributed by atoms with Gasteiger partial charge in [0, 0.05) is 24.2 Å². The van der Waals surface area contributed by atoms with Crippen LogP contribution < -0.4 is 5.32 Å². The van der Waals surface area contributed by atoms with Gasteiger partial charge in [0.15, 0.2) is 0 Å². The molecular formula is C17H16N4O. The molecule has 2 aromatic heterocycles. The molecule has 0 fully saturated rings. The first kappa shape index (κ1) is 14.0. The fraction of sp³-hybridized carbons (Fsp3) is 0.118. The highest BCUT2D eigenvalue weighted by Crippen LogP contribution is 2.10. The third-order valence-corrected chi connectivity index (χ3v) is 3.27. The average molecular weight is 292 g/mol. The van der Waals surface area contributed by atoms with Crippen molar-refractivity contribution in [2.45, 2.75) is 13.5 Å². The third kappa shape index (κ3) is 3.38. The van der Waals surface area contributed by atoms with E-state index >= 15 is 0 Å². The van der Waals surface area contributed by atoms with Gasteiger partial charge in [0.2, 0.25) is 0 Å². The largest absolute Gasteiger partial charge is 0.307 e. The molecule has 0 aliphatic carbocycles. The Labute approximate surface area is 128 Å². The molecule has 0 spiro atoms. The summed E-state index contributed by atoms with van der Waals surface area (Å²) in [6.07, 6.45) is 5.38. The van der Waals surface area contributed by atoms with Crippen molar-refractivity contribution in [2.75, 3.05) is 5.32 Å². The second kappa shape index (κ2) is 6.22. The smallest absolute Gasteiger partial charge is 0.256 e. The van der Waals surface area contributed by atoms with Crippen LogP contribution in [0, 0.1) is 6.92 Å². The van der Waals surface area contributed by atoms with Gasteiger partial charge in [-0.05, 0) is 42.3 Å². The van der Waals surface area contributed by atoms with Crippen LogP contribution in [0.15, 0.2) is 61.1 Å². The molecule has 22 heavy (non-hydrogen) atoms. The molecule has 2 heterocycles. The number of carbonyl (C=O) groups excluding carboxylic acids is 1. The van der Waals surface area contributed by atoms with Crippen LogP contribution in [-0.4, -0.2) is 20.7 Å². The number of amides is 1. The van der Waals surface area contributed by atoms with Crippen molar-refractivity contribution in [2.24, 2.45) is 0 Å². The van der Waals surface area contributed by atoms with E-state index in [1.165, 1.54) is 0 Å². The molecule has 0 saturated carbocycles. The lowest BCUT2D eigenvalue weighted by Gasteiger charge is -2.06. The highest BCUT2D eigenvalue weighted by atomic mass is 16.1. The number of pyridine rings is 1. The van der Waals surface area contributed by atoms with Crippen molar-refractivity contribution < 1.29 is 4.79 Å². The fourth-order valence-corrected chi connectivity index (χ4v) is 2.07. The minimum Gasteiger partial charge on any atom is -0.307 e. The Morgan fingerprint density at radius 2 is 2.00 bits per heavy atom. The van der Waals surface area contributed by atoms with Gasteiger partial charge in [0.25, 0.3) is 5.91 Å². The van der Waals surface area contributed by atoms with Crippen LogP contribution in [0.3, 0.4) is 0 Å². The molecular weight excluding hydrogens is 276 g/mol. The van der Waals surface area contributed by atoms with Crippen molar-refractivity contribution in [3.8, 4) is 0 Å². The van der Waals surface area contributed by atoms with Gasteiger partial charge >= 0.3 is 0 Å². The van der Waals surface area contributed by atoms with E-state index in [4.69, 9.17) is 0 Å². The minimum atomic E-state index is -0.165. The number of aromatic nitrogens is 3. The van der Waals surface area contributed by atoms with E-state index in [1.54, 1.807) is 18.5 Å². The van der Waals surface area contributed by atoms with E-state index in [2.05, 4.69) is 15.4 Å². The van der Waals surface area contributed by atoms with Crippen LogP contribution in [0.5, 0.6) is 0 Å². The van der Waals surface area contributed by atoms with Crippen molar-refractivity contribution in [3.05, 3.63) is 77.7 Å². The quantitative estimate of drug-likeness (QED) is 0.804. The lowest BCUT2D eigenvalue weighted by molar-refractivity contribution is 0.102. The molecule has 0 aliphatic rings. The summed E-state index contributed by atoms with van der Waals surface area (Å²) in [5.41, 5.74) is 2.75. The number of hydrogen-bond acceptors (Lipinski definition) is 3. The topological polar surface area (TPSA) is 59.8 Å². The SMILES string of the molecule is Cc1ccc(NC(=O)c2ccc(Cn3cccn3)cc2)nc1. The molecule has 3 rings (SSSR count). The lowest BCUT2D eigenvalue weighted by atomic mass is 10.1. The van der Waals surface area contributed by atoms with Gasteiger partial charge in [-0.1, -0.05) is 18.2 Å². The first-order valence-corrected chi connectivity index (χ1v) is 7.01. The lowest BCUT2D eigenvalue weighted by Crippen LogP contribution is -2.13. The highest BCUT2D eigenvalue weighted by Gasteiger charge is 2.06. The van der Waals surface area contributed by atoms with Crippen LogP contribution in [0.4, 0.5) is 5.82 Å². The van der Waals surface area contributed by atoms with Gasteiger partial charge in [-0.15, -0.1) is 0 Å². The van der Waals surface area contributed by atoms with E-state index in [-0.39, 0.29) is 5.91 Å². The Kier molecular flexibility index (Phi) is 3.96. The summed E-state index contributed by atoms with van der Waals surface area (Å²) in [7, 11) is 0. The average Bonchev–Trinajstić information content (AvgIpc) is 3.03. The molecule has 0 unspecified atom stereocenters. The molecule has 110 valence electrons. The molecule has 0 atom stereocenters. The van der Waals surface area contributed by atoms with E-state index in [0.29, 0.717) is 17.9 Å². The minimum absolute atomic E-state index is 0.165. The monoisotopic (exact) mass is 292 g/mol. The maximum absolute atomic E-state index is 12.2. The summed E-state index contributed by atoms with van der Waals surface area (Å²) in [6.45, 7) is 2.64. The Balaban J connectivity index is 1.66. The number of nitrogens with one attached hydrogen (secondary N) is 1. The molecule has 1 N–H and O–H groups in total. The number of anilines is 1. The van der Waals surface area contributed by atoms with E-state index in [9.17, 15) is 4.79 Å². The van der Waals surface area contributed by atoms with Crippen molar-refractivity contribution in [1.82, 2.24) is 14.8 Å². The summed E-state index contributed by atoms with van der Waals surface area (Å²) in [4.78, 5) is 16.3. The van der Waals surface area contributed by atoms with Crippen LogP contribution in [-0.2, 0) is 6.54 Å². The predicted molar refractivity (Wildman–Crippen MR) is 84.7 cm³/mol. The van der Waals surface area contributed by atoms with Gasteiger partial charge < -0.3 is 5.32 Å². The number of nitrogens with zero attached hydrogens (tertiary/aromatic N) is 3. The molecule has 0 radical (unpaired) electrons. The molecule has 5 nitrogen and oxygen atoms in total. The third-order valence-electron chi connectivity index (χ3n) is 3.27.